The van der Waals surface area contributed by atoms with Gasteiger partial charge < -0.3 is 14.2 Å². The molecule has 0 fully saturated rings. The third kappa shape index (κ3) is 5.31. The number of rotatable bonds is 4. The minimum atomic E-state index is -0.938. The normalized spacial score (nSPS) is 15.8. The number of hydrogen-bond donors (Lipinski definition) is 0. The molecule has 0 saturated carbocycles. The summed E-state index contributed by atoms with van der Waals surface area (Å²) in [7, 11) is 1.26. The molecule has 31 heavy (non-hydrogen) atoms. The minimum Gasteiger partial charge on any atom is -0.489 e. The quantitative estimate of drug-likeness (QED) is 0.662. The standard InChI is InChI=1S/C23H25F2NO5/c1-23(2,3)31-22(28)26-10-9-14-11-17(7-8-18(14)20(26)21(27)29-4)30-13-15-5-6-16(24)12-19(15)25/h5-8,11-12,20H,9-10,13H2,1-4H3/t20-/m1/s1. The molecule has 8 heteroatoms. The fraction of sp³-hybridized carbons (Fsp3) is 0.391. The van der Waals surface area contributed by atoms with Gasteiger partial charge in [0.05, 0.1) is 7.11 Å². The summed E-state index contributed by atoms with van der Waals surface area (Å²) in [5.74, 6) is -1.44. The van der Waals surface area contributed by atoms with Crippen molar-refractivity contribution in [2.24, 2.45) is 0 Å². The van der Waals surface area contributed by atoms with E-state index in [1.165, 1.54) is 24.1 Å². The lowest BCUT2D eigenvalue weighted by Crippen LogP contribution is -2.46. The van der Waals surface area contributed by atoms with Gasteiger partial charge in [-0.05, 0) is 62.6 Å². The predicted octanol–water partition coefficient (Wildman–Crippen LogP) is 4.55. The fourth-order valence-electron chi connectivity index (χ4n) is 3.38. The molecule has 0 saturated heterocycles. The average molecular weight is 433 g/mol. The number of carbonyl (C=O) groups excluding carboxylic acids is 2. The van der Waals surface area contributed by atoms with E-state index in [9.17, 15) is 18.4 Å². The first kappa shape index (κ1) is 22.5. The van der Waals surface area contributed by atoms with Crippen LogP contribution in [0.3, 0.4) is 0 Å². The second-order valence-corrected chi connectivity index (χ2v) is 8.23. The molecule has 0 unspecified atom stereocenters. The SMILES string of the molecule is COC(=O)[C@H]1c2ccc(OCc3ccc(F)cc3F)cc2CCN1C(=O)OC(C)(C)C. The summed E-state index contributed by atoms with van der Waals surface area (Å²) in [5.41, 5.74) is 0.949. The lowest BCUT2D eigenvalue weighted by molar-refractivity contribution is -0.147. The summed E-state index contributed by atoms with van der Waals surface area (Å²) in [6, 6.07) is 7.43. The second-order valence-electron chi connectivity index (χ2n) is 8.23. The number of ether oxygens (including phenoxy) is 3. The van der Waals surface area contributed by atoms with E-state index >= 15 is 0 Å². The molecule has 0 bridgehead atoms. The number of amides is 1. The Kier molecular flexibility index (Phi) is 6.48. The fourth-order valence-corrected chi connectivity index (χ4v) is 3.38. The van der Waals surface area contributed by atoms with Crippen LogP contribution in [0.2, 0.25) is 0 Å². The van der Waals surface area contributed by atoms with Gasteiger partial charge in [-0.2, -0.15) is 0 Å². The van der Waals surface area contributed by atoms with Gasteiger partial charge in [-0.1, -0.05) is 6.07 Å². The van der Waals surface area contributed by atoms with E-state index in [0.717, 1.165) is 11.6 Å². The first-order valence-electron chi connectivity index (χ1n) is 9.86. The van der Waals surface area contributed by atoms with E-state index in [1.807, 2.05) is 0 Å². The smallest absolute Gasteiger partial charge is 0.411 e. The number of methoxy groups -OCH3 is 1. The second kappa shape index (κ2) is 8.91. The Morgan fingerprint density at radius 2 is 1.87 bits per heavy atom. The number of hydrogen-bond acceptors (Lipinski definition) is 5. The molecule has 1 amide bonds. The van der Waals surface area contributed by atoms with E-state index in [1.54, 1.807) is 39.0 Å². The minimum absolute atomic E-state index is 0.0740. The van der Waals surface area contributed by atoms with Gasteiger partial charge in [0.25, 0.3) is 0 Å². The van der Waals surface area contributed by atoms with Crippen molar-refractivity contribution in [1.29, 1.82) is 0 Å². The van der Waals surface area contributed by atoms with Gasteiger partial charge in [0.15, 0.2) is 6.04 Å². The highest BCUT2D eigenvalue weighted by molar-refractivity contribution is 5.84. The maximum atomic E-state index is 13.8. The number of benzene rings is 2. The molecule has 166 valence electrons. The Labute approximate surface area is 179 Å². The zero-order chi connectivity index (χ0) is 22.8. The molecule has 2 aromatic carbocycles. The van der Waals surface area contributed by atoms with Crippen LogP contribution in [-0.4, -0.2) is 36.2 Å². The van der Waals surface area contributed by atoms with Crippen molar-refractivity contribution in [3.05, 3.63) is 64.7 Å². The zero-order valence-electron chi connectivity index (χ0n) is 17.9. The van der Waals surface area contributed by atoms with Crippen molar-refractivity contribution in [3.8, 4) is 5.75 Å². The van der Waals surface area contributed by atoms with Crippen molar-refractivity contribution >= 4 is 12.1 Å². The highest BCUT2D eigenvalue weighted by atomic mass is 19.1. The van der Waals surface area contributed by atoms with E-state index < -0.39 is 35.3 Å². The van der Waals surface area contributed by atoms with Crippen LogP contribution in [0.1, 0.15) is 43.5 Å². The summed E-state index contributed by atoms with van der Waals surface area (Å²) in [5, 5.41) is 0. The molecule has 0 N–H and O–H groups in total. The van der Waals surface area contributed by atoms with Gasteiger partial charge in [0.1, 0.15) is 29.6 Å². The predicted molar refractivity (Wildman–Crippen MR) is 109 cm³/mol. The monoisotopic (exact) mass is 433 g/mol. The number of nitrogens with zero attached hydrogens (tertiary/aromatic N) is 1. The van der Waals surface area contributed by atoms with Crippen LogP contribution in [0.25, 0.3) is 0 Å². The molecule has 6 nitrogen and oxygen atoms in total. The topological polar surface area (TPSA) is 65.1 Å². The molecule has 3 rings (SSSR count). The van der Waals surface area contributed by atoms with Crippen LogP contribution >= 0.6 is 0 Å². The van der Waals surface area contributed by atoms with Crippen LogP contribution in [-0.2, 0) is 27.3 Å². The van der Waals surface area contributed by atoms with Crippen LogP contribution in [0.5, 0.6) is 5.75 Å². The molecular formula is C23H25F2NO5. The lowest BCUT2D eigenvalue weighted by atomic mass is 9.92. The van der Waals surface area contributed by atoms with Gasteiger partial charge in [0, 0.05) is 18.2 Å². The molecule has 0 radical (unpaired) electrons. The van der Waals surface area contributed by atoms with Gasteiger partial charge in [-0.3, -0.25) is 4.90 Å². The molecular weight excluding hydrogens is 408 g/mol. The molecule has 1 heterocycles. The largest absolute Gasteiger partial charge is 0.489 e. The third-order valence-electron chi connectivity index (χ3n) is 4.80. The summed E-state index contributed by atoms with van der Waals surface area (Å²) in [6.07, 6.45) is -0.120. The average Bonchev–Trinajstić information content (AvgIpc) is 2.70. The number of esters is 1. The zero-order valence-corrected chi connectivity index (χ0v) is 17.9. The van der Waals surface area contributed by atoms with Crippen LogP contribution in [0.15, 0.2) is 36.4 Å². The molecule has 1 atom stereocenters. The molecule has 2 aromatic rings. The Hall–Kier alpha value is -3.16. The van der Waals surface area contributed by atoms with Gasteiger partial charge in [0.2, 0.25) is 0 Å². The van der Waals surface area contributed by atoms with Gasteiger partial charge >= 0.3 is 12.1 Å². The van der Waals surface area contributed by atoms with Crippen molar-refractivity contribution in [2.45, 2.75) is 45.4 Å². The highest BCUT2D eigenvalue weighted by Gasteiger charge is 2.39. The first-order chi connectivity index (χ1) is 14.6. The van der Waals surface area contributed by atoms with E-state index in [0.29, 0.717) is 17.7 Å². The maximum Gasteiger partial charge on any atom is 0.411 e. The first-order valence-corrected chi connectivity index (χ1v) is 9.86. The summed E-state index contributed by atoms with van der Waals surface area (Å²) >= 11 is 0. The molecule has 0 spiro atoms. The highest BCUT2D eigenvalue weighted by Crippen LogP contribution is 2.34. The number of fused-ring (bicyclic) bond motifs is 1. The third-order valence-corrected chi connectivity index (χ3v) is 4.80. The Morgan fingerprint density at radius 3 is 2.52 bits per heavy atom. The molecule has 0 aromatic heterocycles. The van der Waals surface area contributed by atoms with Crippen molar-refractivity contribution in [2.75, 3.05) is 13.7 Å². The maximum absolute atomic E-state index is 13.8. The lowest BCUT2D eigenvalue weighted by Gasteiger charge is -2.36. The molecule has 0 aliphatic carbocycles. The number of halogens is 2. The Balaban J connectivity index is 1.82. The van der Waals surface area contributed by atoms with E-state index in [2.05, 4.69) is 0 Å². The van der Waals surface area contributed by atoms with Gasteiger partial charge in [-0.25, -0.2) is 18.4 Å². The molecule has 1 aliphatic rings. The van der Waals surface area contributed by atoms with Gasteiger partial charge in [-0.15, -0.1) is 0 Å². The van der Waals surface area contributed by atoms with E-state index in [4.69, 9.17) is 14.2 Å². The van der Waals surface area contributed by atoms with Crippen molar-refractivity contribution in [3.63, 3.8) is 0 Å². The summed E-state index contributed by atoms with van der Waals surface area (Å²) in [6.45, 7) is 5.45. The van der Waals surface area contributed by atoms with Crippen LogP contribution in [0.4, 0.5) is 13.6 Å². The summed E-state index contributed by atoms with van der Waals surface area (Å²) < 4.78 is 42.9. The van der Waals surface area contributed by atoms with Crippen molar-refractivity contribution < 1.29 is 32.6 Å². The molecule has 1 aliphatic heterocycles. The van der Waals surface area contributed by atoms with Crippen LogP contribution in [0, 0.1) is 11.6 Å². The van der Waals surface area contributed by atoms with Crippen molar-refractivity contribution in [1.82, 2.24) is 4.90 Å². The van der Waals surface area contributed by atoms with E-state index in [-0.39, 0.29) is 18.7 Å². The summed E-state index contributed by atoms with van der Waals surface area (Å²) in [4.78, 5) is 26.5. The Bertz CT molecular complexity index is 986. The van der Waals surface area contributed by atoms with Crippen LogP contribution < -0.4 is 4.74 Å². The number of carbonyl (C=O) groups is 2. The Morgan fingerprint density at radius 1 is 1.13 bits per heavy atom.